The third-order valence-electron chi connectivity index (χ3n) is 5.40. The molecule has 2 aromatic carbocycles. The van der Waals surface area contributed by atoms with Crippen molar-refractivity contribution in [3.8, 4) is 0 Å². The van der Waals surface area contributed by atoms with Gasteiger partial charge in [0.15, 0.2) is 0 Å². The van der Waals surface area contributed by atoms with Crippen molar-refractivity contribution in [3.63, 3.8) is 0 Å². The Morgan fingerprint density at radius 3 is 2.32 bits per heavy atom. The monoisotopic (exact) mass is 400 g/mol. The number of aromatic nitrogens is 2. The highest BCUT2D eigenvalue weighted by Gasteiger charge is 2.21. The largest absolute Gasteiger partial charge is 0.370 e. The molecule has 3 aromatic rings. The van der Waals surface area contributed by atoms with Crippen LogP contribution in [0.25, 0.3) is 11.0 Å². The third kappa shape index (κ3) is 3.17. The molecule has 0 radical (unpaired) electrons. The topological polar surface area (TPSA) is 76.3 Å². The van der Waals surface area contributed by atoms with Crippen molar-refractivity contribution in [2.45, 2.75) is 24.2 Å². The van der Waals surface area contributed by atoms with E-state index in [0.717, 1.165) is 31.6 Å². The minimum atomic E-state index is -3.79. The molecule has 0 amide bonds. The fraction of sp³-hybridized carbons (Fsp3) is 0.350. The normalized spacial score (nSPS) is 15.1. The first kappa shape index (κ1) is 18.6. The van der Waals surface area contributed by atoms with Crippen LogP contribution in [0.1, 0.15) is 19.3 Å². The molecule has 7 nitrogen and oxygen atoms in total. The highest BCUT2D eigenvalue weighted by Crippen LogP contribution is 2.30. The molecule has 1 aromatic heterocycles. The van der Waals surface area contributed by atoms with Gasteiger partial charge in [-0.3, -0.25) is 13.9 Å². The molecule has 1 aliphatic rings. The van der Waals surface area contributed by atoms with E-state index in [1.807, 2.05) is 18.2 Å². The Bertz CT molecular complexity index is 1190. The number of anilines is 2. The summed E-state index contributed by atoms with van der Waals surface area (Å²) in [5.41, 5.74) is 2.57. The molecule has 0 atom stereocenters. The van der Waals surface area contributed by atoms with E-state index >= 15 is 0 Å². The maximum absolute atomic E-state index is 13.1. The number of nitrogens with zero attached hydrogens (tertiary/aromatic N) is 3. The van der Waals surface area contributed by atoms with Crippen LogP contribution in [0.2, 0.25) is 0 Å². The predicted octanol–water partition coefficient (Wildman–Crippen LogP) is 2.67. The summed E-state index contributed by atoms with van der Waals surface area (Å²) in [6.45, 7) is 1.85. The number of fused-ring (bicyclic) bond motifs is 1. The van der Waals surface area contributed by atoms with E-state index in [1.54, 1.807) is 32.3 Å². The van der Waals surface area contributed by atoms with Crippen LogP contribution in [0.5, 0.6) is 0 Å². The first-order valence-corrected chi connectivity index (χ1v) is 10.9. The van der Waals surface area contributed by atoms with E-state index in [4.69, 9.17) is 0 Å². The molecule has 8 heteroatoms. The smallest absolute Gasteiger partial charge is 0.328 e. The minimum absolute atomic E-state index is 0.134. The molecule has 148 valence electrons. The Balaban J connectivity index is 1.71. The predicted molar refractivity (Wildman–Crippen MR) is 111 cm³/mol. The lowest BCUT2D eigenvalue weighted by atomic mass is 10.1. The van der Waals surface area contributed by atoms with Gasteiger partial charge in [-0.25, -0.2) is 13.2 Å². The summed E-state index contributed by atoms with van der Waals surface area (Å²) in [5.74, 6) is 0. The molecule has 0 bridgehead atoms. The number of rotatable bonds is 4. The van der Waals surface area contributed by atoms with Gasteiger partial charge in [0.2, 0.25) is 0 Å². The van der Waals surface area contributed by atoms with Crippen LogP contribution in [-0.2, 0) is 24.1 Å². The second-order valence-electron chi connectivity index (χ2n) is 7.22. The van der Waals surface area contributed by atoms with Crippen LogP contribution in [-0.4, -0.2) is 30.6 Å². The van der Waals surface area contributed by atoms with Crippen molar-refractivity contribution in [2.75, 3.05) is 22.7 Å². The molecule has 1 N–H and O–H groups in total. The Hall–Kier alpha value is -2.74. The number of nitrogens with one attached hydrogen (secondary N) is 1. The Morgan fingerprint density at radius 2 is 1.57 bits per heavy atom. The van der Waals surface area contributed by atoms with Gasteiger partial charge in [-0.1, -0.05) is 12.1 Å². The first-order chi connectivity index (χ1) is 13.4. The second kappa shape index (κ2) is 7.01. The van der Waals surface area contributed by atoms with Crippen molar-refractivity contribution < 1.29 is 8.42 Å². The SMILES string of the molecule is Cn1c(=O)n(C)c2cc(S(=O)(=O)Nc3ccccc3N3CCCCC3)ccc21. The van der Waals surface area contributed by atoms with Crippen LogP contribution in [0, 0.1) is 0 Å². The van der Waals surface area contributed by atoms with Gasteiger partial charge in [-0.2, -0.15) is 0 Å². The van der Waals surface area contributed by atoms with E-state index in [1.165, 1.54) is 21.6 Å². The number of imidazole rings is 1. The average Bonchev–Trinajstić information content (AvgIpc) is 2.93. The van der Waals surface area contributed by atoms with Gasteiger partial charge in [0, 0.05) is 27.2 Å². The van der Waals surface area contributed by atoms with Crippen molar-refractivity contribution in [1.82, 2.24) is 9.13 Å². The van der Waals surface area contributed by atoms with Gasteiger partial charge in [-0.15, -0.1) is 0 Å². The molecule has 0 saturated carbocycles. The van der Waals surface area contributed by atoms with E-state index in [9.17, 15) is 13.2 Å². The van der Waals surface area contributed by atoms with Crippen LogP contribution in [0.4, 0.5) is 11.4 Å². The fourth-order valence-electron chi connectivity index (χ4n) is 3.83. The zero-order chi connectivity index (χ0) is 19.9. The van der Waals surface area contributed by atoms with Gasteiger partial charge >= 0.3 is 5.69 Å². The van der Waals surface area contributed by atoms with Gasteiger partial charge in [-0.05, 0) is 49.6 Å². The lowest BCUT2D eigenvalue weighted by Crippen LogP contribution is -2.30. The summed E-state index contributed by atoms with van der Waals surface area (Å²) < 4.78 is 31.8. The second-order valence-corrected chi connectivity index (χ2v) is 8.90. The quantitative estimate of drug-likeness (QED) is 0.731. The number of benzene rings is 2. The third-order valence-corrected chi connectivity index (χ3v) is 6.76. The Labute approximate surface area is 164 Å². The lowest BCUT2D eigenvalue weighted by Gasteiger charge is -2.30. The zero-order valence-electron chi connectivity index (χ0n) is 16.1. The summed E-state index contributed by atoms with van der Waals surface area (Å²) in [4.78, 5) is 14.5. The van der Waals surface area contributed by atoms with E-state index in [2.05, 4.69) is 9.62 Å². The van der Waals surface area contributed by atoms with Gasteiger partial charge in [0.25, 0.3) is 10.0 Å². The summed E-state index contributed by atoms with van der Waals surface area (Å²) in [6.07, 6.45) is 3.43. The van der Waals surface area contributed by atoms with E-state index < -0.39 is 10.0 Å². The molecule has 1 saturated heterocycles. The molecule has 0 unspecified atom stereocenters. The molecule has 0 spiro atoms. The van der Waals surface area contributed by atoms with Gasteiger partial charge in [0.05, 0.1) is 27.3 Å². The number of para-hydroxylation sites is 2. The standard InChI is InChI=1S/C20H24N4O3S/c1-22-18-11-10-15(14-19(18)23(2)20(22)25)28(26,27)21-16-8-4-5-9-17(16)24-12-6-3-7-13-24/h4-5,8-11,14,21H,3,6-7,12-13H2,1-2H3. The summed E-state index contributed by atoms with van der Waals surface area (Å²) in [6, 6.07) is 12.2. The highest BCUT2D eigenvalue weighted by molar-refractivity contribution is 7.92. The number of hydrogen-bond donors (Lipinski definition) is 1. The number of hydrogen-bond acceptors (Lipinski definition) is 4. The molecule has 2 heterocycles. The summed E-state index contributed by atoms with van der Waals surface area (Å²) >= 11 is 0. The molecule has 1 aliphatic heterocycles. The molecule has 1 fully saturated rings. The number of piperidine rings is 1. The van der Waals surface area contributed by atoms with Crippen molar-refractivity contribution in [2.24, 2.45) is 14.1 Å². The van der Waals surface area contributed by atoms with Crippen molar-refractivity contribution in [3.05, 3.63) is 52.9 Å². The maximum Gasteiger partial charge on any atom is 0.328 e. The molecule has 28 heavy (non-hydrogen) atoms. The number of sulfonamides is 1. The van der Waals surface area contributed by atoms with Crippen LogP contribution in [0.15, 0.2) is 52.2 Å². The highest BCUT2D eigenvalue weighted by atomic mass is 32.2. The maximum atomic E-state index is 13.1. The Morgan fingerprint density at radius 1 is 0.893 bits per heavy atom. The van der Waals surface area contributed by atoms with E-state index in [0.29, 0.717) is 16.7 Å². The average molecular weight is 401 g/mol. The molecule has 0 aliphatic carbocycles. The van der Waals surface area contributed by atoms with Crippen LogP contribution >= 0.6 is 0 Å². The Kier molecular flexibility index (Phi) is 4.66. The molecular formula is C20H24N4O3S. The summed E-state index contributed by atoms with van der Waals surface area (Å²) in [7, 11) is -0.476. The molecule has 4 rings (SSSR count). The number of aryl methyl sites for hydroxylation is 2. The van der Waals surface area contributed by atoms with Gasteiger partial charge < -0.3 is 4.90 Å². The zero-order valence-corrected chi connectivity index (χ0v) is 16.9. The summed E-state index contributed by atoms with van der Waals surface area (Å²) in [5, 5.41) is 0. The minimum Gasteiger partial charge on any atom is -0.370 e. The lowest BCUT2D eigenvalue weighted by molar-refractivity contribution is 0.578. The van der Waals surface area contributed by atoms with E-state index in [-0.39, 0.29) is 10.6 Å². The fourth-order valence-corrected chi connectivity index (χ4v) is 4.92. The van der Waals surface area contributed by atoms with Gasteiger partial charge in [0.1, 0.15) is 0 Å². The van der Waals surface area contributed by atoms with Crippen molar-refractivity contribution in [1.29, 1.82) is 0 Å². The van der Waals surface area contributed by atoms with Crippen LogP contribution < -0.4 is 15.3 Å². The van der Waals surface area contributed by atoms with Crippen molar-refractivity contribution >= 4 is 32.4 Å². The van der Waals surface area contributed by atoms with Crippen LogP contribution in [0.3, 0.4) is 0 Å². The first-order valence-electron chi connectivity index (χ1n) is 9.41. The molecular weight excluding hydrogens is 376 g/mol.